The zero-order valence-electron chi connectivity index (χ0n) is 12.1. The van der Waals surface area contributed by atoms with E-state index >= 15 is 0 Å². The number of benzene rings is 3. The number of hydrogen-bond acceptors (Lipinski definition) is 2. The Labute approximate surface area is 130 Å². The molecule has 0 aliphatic carbocycles. The van der Waals surface area contributed by atoms with Gasteiger partial charge in [0, 0.05) is 17.7 Å². The number of carbonyl (C=O) groups is 1. The molecule has 3 aromatic rings. The van der Waals surface area contributed by atoms with Gasteiger partial charge in [0.15, 0.2) is 5.78 Å². The molecule has 3 aromatic carbocycles. The van der Waals surface area contributed by atoms with Gasteiger partial charge in [-0.15, -0.1) is 0 Å². The Morgan fingerprint density at radius 2 is 1.48 bits per heavy atom. The molecule has 0 unspecified atom stereocenters. The van der Waals surface area contributed by atoms with Crippen LogP contribution in [0.25, 0.3) is 10.8 Å². The average molecular weight is 316 g/mol. The molecule has 0 heterocycles. The van der Waals surface area contributed by atoms with E-state index in [1.807, 2.05) is 0 Å². The summed E-state index contributed by atoms with van der Waals surface area (Å²) in [5, 5.41) is 1.54. The van der Waals surface area contributed by atoms with Crippen molar-refractivity contribution in [3.8, 4) is 5.75 Å². The first kappa shape index (κ1) is 15.1. The van der Waals surface area contributed by atoms with Gasteiger partial charge in [0.05, 0.1) is 12.7 Å². The molecule has 0 aliphatic rings. The fraction of sp³-hybridized carbons (Fsp3) is 0.0556. The Hall–Kier alpha value is -2.82. The number of ether oxygens (including phenoxy) is 1. The molecule has 0 aliphatic heterocycles. The average Bonchev–Trinajstić information content (AvgIpc) is 2.52. The summed E-state index contributed by atoms with van der Waals surface area (Å²) in [5.74, 6) is -3.68. The number of fused-ring (bicyclic) bond motifs is 1. The van der Waals surface area contributed by atoms with Gasteiger partial charge < -0.3 is 4.74 Å². The molecule has 0 spiro atoms. The maximum absolute atomic E-state index is 13.7. The topological polar surface area (TPSA) is 26.3 Å². The van der Waals surface area contributed by atoms with Crippen LogP contribution < -0.4 is 4.74 Å². The maximum Gasteiger partial charge on any atom is 0.198 e. The maximum atomic E-state index is 13.7. The molecule has 0 aromatic heterocycles. The third-order valence-corrected chi connectivity index (χ3v) is 3.54. The predicted molar refractivity (Wildman–Crippen MR) is 80.2 cm³/mol. The Bertz CT molecular complexity index is 896. The van der Waals surface area contributed by atoms with Crippen molar-refractivity contribution in [1.82, 2.24) is 0 Å². The van der Waals surface area contributed by atoms with Crippen LogP contribution in [0, 0.1) is 17.5 Å². The van der Waals surface area contributed by atoms with Crippen LogP contribution in [0.2, 0.25) is 0 Å². The molecule has 0 saturated carbocycles. The van der Waals surface area contributed by atoms with E-state index in [1.54, 1.807) is 31.4 Å². The molecule has 116 valence electrons. The van der Waals surface area contributed by atoms with Gasteiger partial charge >= 0.3 is 0 Å². The van der Waals surface area contributed by atoms with Gasteiger partial charge in [-0.25, -0.2) is 13.2 Å². The Balaban J connectivity index is 2.08. The molecule has 3 rings (SSSR count). The van der Waals surface area contributed by atoms with Gasteiger partial charge in [-0.1, -0.05) is 18.2 Å². The smallest absolute Gasteiger partial charge is 0.198 e. The highest BCUT2D eigenvalue weighted by Crippen LogP contribution is 2.24. The van der Waals surface area contributed by atoms with E-state index in [1.165, 1.54) is 12.1 Å². The molecule has 0 radical (unpaired) electrons. The Morgan fingerprint density at radius 3 is 2.13 bits per heavy atom. The van der Waals surface area contributed by atoms with Gasteiger partial charge in [-0.2, -0.15) is 0 Å². The van der Waals surface area contributed by atoms with Gasteiger partial charge in [0.25, 0.3) is 0 Å². The van der Waals surface area contributed by atoms with Crippen LogP contribution >= 0.6 is 0 Å². The summed E-state index contributed by atoms with van der Waals surface area (Å²) in [6.45, 7) is 0. The van der Waals surface area contributed by atoms with Crippen molar-refractivity contribution in [1.29, 1.82) is 0 Å². The minimum absolute atomic E-state index is 0.118. The van der Waals surface area contributed by atoms with E-state index in [9.17, 15) is 18.0 Å². The zero-order valence-corrected chi connectivity index (χ0v) is 12.1. The minimum atomic E-state index is -1.22. The van der Waals surface area contributed by atoms with E-state index in [2.05, 4.69) is 0 Å². The van der Waals surface area contributed by atoms with Crippen molar-refractivity contribution in [2.75, 3.05) is 7.11 Å². The predicted octanol–water partition coefficient (Wildman–Crippen LogP) is 4.50. The molecular weight excluding hydrogens is 305 g/mol. The number of rotatable bonds is 3. The summed E-state index contributed by atoms with van der Waals surface area (Å²) in [6.07, 6.45) is 0. The number of carbonyl (C=O) groups excluding carboxylic acids is 1. The first-order valence-electron chi connectivity index (χ1n) is 6.76. The zero-order chi connectivity index (χ0) is 16.6. The lowest BCUT2D eigenvalue weighted by Gasteiger charge is -2.07. The number of hydrogen-bond donors (Lipinski definition) is 0. The second-order valence-electron chi connectivity index (χ2n) is 5.00. The second-order valence-corrected chi connectivity index (χ2v) is 5.00. The molecule has 0 atom stereocenters. The highest BCUT2D eigenvalue weighted by atomic mass is 19.1. The van der Waals surface area contributed by atoms with Crippen molar-refractivity contribution in [2.45, 2.75) is 0 Å². The fourth-order valence-electron chi connectivity index (χ4n) is 2.40. The van der Waals surface area contributed by atoms with Crippen LogP contribution in [0.5, 0.6) is 5.75 Å². The lowest BCUT2D eigenvalue weighted by Crippen LogP contribution is -2.08. The third-order valence-electron chi connectivity index (χ3n) is 3.54. The molecule has 0 saturated heterocycles. The van der Waals surface area contributed by atoms with Gasteiger partial charge in [0.1, 0.15) is 23.2 Å². The first-order chi connectivity index (χ1) is 11.0. The Kier molecular flexibility index (Phi) is 3.78. The van der Waals surface area contributed by atoms with Crippen LogP contribution in [0.15, 0.2) is 48.5 Å². The quantitative estimate of drug-likeness (QED) is 0.665. The molecule has 5 heteroatoms. The standard InChI is InChI=1S/C18H11F3O2/c1-23-14-5-4-10-6-12(3-2-11(10)7-14)18(22)17-15(20)8-13(19)9-16(17)21/h2-9H,1H3. The van der Waals surface area contributed by atoms with Crippen molar-refractivity contribution in [3.05, 3.63) is 77.1 Å². The van der Waals surface area contributed by atoms with Crippen molar-refractivity contribution in [3.63, 3.8) is 0 Å². The molecule has 0 N–H and O–H groups in total. The summed E-state index contributed by atoms with van der Waals surface area (Å²) in [7, 11) is 1.54. The van der Waals surface area contributed by atoms with Crippen LogP contribution in [0.4, 0.5) is 13.2 Å². The number of halogens is 3. The summed E-state index contributed by atoms with van der Waals surface area (Å²) < 4.78 is 45.5. The van der Waals surface area contributed by atoms with E-state index < -0.39 is 28.8 Å². The first-order valence-corrected chi connectivity index (χ1v) is 6.76. The van der Waals surface area contributed by atoms with Crippen molar-refractivity contribution in [2.24, 2.45) is 0 Å². The van der Waals surface area contributed by atoms with Crippen LogP contribution in [-0.4, -0.2) is 12.9 Å². The highest BCUT2D eigenvalue weighted by molar-refractivity contribution is 6.11. The summed E-state index contributed by atoms with van der Waals surface area (Å²) >= 11 is 0. The van der Waals surface area contributed by atoms with Crippen LogP contribution in [0.1, 0.15) is 15.9 Å². The molecule has 0 fully saturated rings. The summed E-state index contributed by atoms with van der Waals surface area (Å²) in [5.41, 5.74) is -0.647. The normalized spacial score (nSPS) is 10.8. The van der Waals surface area contributed by atoms with Crippen molar-refractivity contribution >= 4 is 16.6 Å². The lowest BCUT2D eigenvalue weighted by molar-refractivity contribution is 0.103. The van der Waals surface area contributed by atoms with Crippen molar-refractivity contribution < 1.29 is 22.7 Å². The minimum Gasteiger partial charge on any atom is -0.497 e. The molecule has 0 bridgehead atoms. The second kappa shape index (κ2) is 5.76. The lowest BCUT2D eigenvalue weighted by atomic mass is 9.99. The van der Waals surface area contributed by atoms with E-state index in [-0.39, 0.29) is 5.56 Å². The number of methoxy groups -OCH3 is 1. The third kappa shape index (κ3) is 2.77. The highest BCUT2D eigenvalue weighted by Gasteiger charge is 2.20. The van der Waals surface area contributed by atoms with E-state index in [0.29, 0.717) is 17.9 Å². The molecule has 2 nitrogen and oxygen atoms in total. The molecule has 0 amide bonds. The SMILES string of the molecule is COc1ccc2cc(C(=O)c3c(F)cc(F)cc3F)ccc2c1. The summed E-state index contributed by atoms with van der Waals surface area (Å²) in [6, 6.07) is 10.9. The fourth-order valence-corrected chi connectivity index (χ4v) is 2.40. The molecular formula is C18H11F3O2. The summed E-state index contributed by atoms with van der Waals surface area (Å²) in [4.78, 5) is 12.3. The number of ketones is 1. The van der Waals surface area contributed by atoms with Gasteiger partial charge in [-0.3, -0.25) is 4.79 Å². The van der Waals surface area contributed by atoms with Crippen LogP contribution in [0.3, 0.4) is 0 Å². The molecule has 23 heavy (non-hydrogen) atoms. The van der Waals surface area contributed by atoms with Gasteiger partial charge in [-0.05, 0) is 29.0 Å². The largest absolute Gasteiger partial charge is 0.497 e. The van der Waals surface area contributed by atoms with E-state index in [0.717, 1.165) is 10.8 Å². The van der Waals surface area contributed by atoms with Gasteiger partial charge in [0.2, 0.25) is 0 Å². The Morgan fingerprint density at radius 1 is 0.870 bits per heavy atom. The monoisotopic (exact) mass is 316 g/mol. The van der Waals surface area contributed by atoms with Crippen LogP contribution in [-0.2, 0) is 0 Å². The van der Waals surface area contributed by atoms with E-state index in [4.69, 9.17) is 4.74 Å².